The maximum absolute atomic E-state index is 12.0. The van der Waals surface area contributed by atoms with E-state index in [1.54, 1.807) is 24.3 Å². The molecule has 120 valence electrons. The van der Waals surface area contributed by atoms with Gasteiger partial charge in [0, 0.05) is 4.47 Å². The SMILES string of the molecule is Cc1cc(OCC(=O)Nc2ccccc2C(N)=O)c(C)cc1Br. The summed E-state index contributed by atoms with van der Waals surface area (Å²) in [5.74, 6) is -0.316. The van der Waals surface area contributed by atoms with E-state index in [9.17, 15) is 9.59 Å². The number of benzene rings is 2. The molecular weight excluding hydrogens is 360 g/mol. The first kappa shape index (κ1) is 17.0. The smallest absolute Gasteiger partial charge is 0.262 e. The number of nitrogens with one attached hydrogen (secondary N) is 1. The molecule has 0 fully saturated rings. The zero-order chi connectivity index (χ0) is 17.0. The summed E-state index contributed by atoms with van der Waals surface area (Å²) < 4.78 is 6.55. The normalized spacial score (nSPS) is 10.2. The quantitative estimate of drug-likeness (QED) is 0.840. The fraction of sp³-hybridized carbons (Fsp3) is 0.176. The van der Waals surface area contributed by atoms with E-state index in [1.165, 1.54) is 0 Å². The molecule has 2 aromatic carbocycles. The zero-order valence-electron chi connectivity index (χ0n) is 12.9. The van der Waals surface area contributed by atoms with Gasteiger partial charge < -0.3 is 15.8 Å². The molecule has 0 unspecified atom stereocenters. The van der Waals surface area contributed by atoms with Crippen LogP contribution in [0.25, 0.3) is 0 Å². The number of nitrogens with two attached hydrogens (primary N) is 1. The summed E-state index contributed by atoms with van der Waals surface area (Å²) in [5.41, 5.74) is 7.86. The van der Waals surface area contributed by atoms with Crippen LogP contribution in [0.1, 0.15) is 21.5 Å². The van der Waals surface area contributed by atoms with Crippen molar-refractivity contribution in [1.29, 1.82) is 0 Å². The van der Waals surface area contributed by atoms with E-state index in [0.29, 0.717) is 11.4 Å². The first-order valence-electron chi connectivity index (χ1n) is 6.96. The molecule has 0 aliphatic rings. The molecule has 2 aromatic rings. The lowest BCUT2D eigenvalue weighted by Crippen LogP contribution is -2.23. The Bertz CT molecular complexity index is 759. The van der Waals surface area contributed by atoms with Crippen LogP contribution in [-0.4, -0.2) is 18.4 Å². The molecule has 2 rings (SSSR count). The number of rotatable bonds is 5. The Balaban J connectivity index is 2.04. The lowest BCUT2D eigenvalue weighted by molar-refractivity contribution is -0.118. The molecule has 0 atom stereocenters. The minimum absolute atomic E-state index is 0.158. The Labute approximate surface area is 143 Å². The van der Waals surface area contributed by atoms with Gasteiger partial charge in [0.05, 0.1) is 11.3 Å². The summed E-state index contributed by atoms with van der Waals surface area (Å²) in [4.78, 5) is 23.4. The fourth-order valence-corrected chi connectivity index (χ4v) is 2.50. The minimum Gasteiger partial charge on any atom is -0.483 e. The number of para-hydroxylation sites is 1. The molecule has 0 saturated carbocycles. The number of hydrogen-bond acceptors (Lipinski definition) is 3. The molecule has 3 N–H and O–H groups in total. The van der Waals surface area contributed by atoms with Crippen LogP contribution in [-0.2, 0) is 4.79 Å². The third kappa shape index (κ3) is 4.32. The van der Waals surface area contributed by atoms with Crippen molar-refractivity contribution in [3.05, 3.63) is 57.6 Å². The molecule has 6 heteroatoms. The van der Waals surface area contributed by atoms with Gasteiger partial charge in [0.1, 0.15) is 5.75 Å². The van der Waals surface area contributed by atoms with Crippen LogP contribution >= 0.6 is 15.9 Å². The number of anilines is 1. The highest BCUT2D eigenvalue weighted by molar-refractivity contribution is 9.10. The number of primary amides is 1. The van der Waals surface area contributed by atoms with Gasteiger partial charge in [-0.3, -0.25) is 9.59 Å². The van der Waals surface area contributed by atoms with Gasteiger partial charge in [-0.05, 0) is 49.2 Å². The minimum atomic E-state index is -0.596. The molecule has 0 aromatic heterocycles. The molecule has 0 aliphatic heterocycles. The number of hydrogen-bond donors (Lipinski definition) is 2. The van der Waals surface area contributed by atoms with Crippen molar-refractivity contribution < 1.29 is 14.3 Å². The molecule has 0 bridgehead atoms. The van der Waals surface area contributed by atoms with E-state index in [0.717, 1.165) is 15.6 Å². The van der Waals surface area contributed by atoms with Crippen LogP contribution < -0.4 is 15.8 Å². The average Bonchev–Trinajstić information content (AvgIpc) is 2.50. The van der Waals surface area contributed by atoms with Crippen LogP contribution in [0.5, 0.6) is 5.75 Å². The van der Waals surface area contributed by atoms with E-state index in [2.05, 4.69) is 21.2 Å². The third-order valence-corrected chi connectivity index (χ3v) is 4.14. The Hall–Kier alpha value is -2.34. The second-order valence-corrected chi connectivity index (χ2v) is 5.97. The van der Waals surface area contributed by atoms with Crippen molar-refractivity contribution in [1.82, 2.24) is 0 Å². The molecule has 0 heterocycles. The van der Waals surface area contributed by atoms with E-state index < -0.39 is 5.91 Å². The number of ether oxygens (including phenoxy) is 1. The van der Waals surface area contributed by atoms with Crippen molar-refractivity contribution in [2.24, 2.45) is 5.73 Å². The highest BCUT2D eigenvalue weighted by atomic mass is 79.9. The van der Waals surface area contributed by atoms with Crippen LogP contribution in [0.2, 0.25) is 0 Å². The molecule has 0 spiro atoms. The van der Waals surface area contributed by atoms with Gasteiger partial charge >= 0.3 is 0 Å². The summed E-state index contributed by atoms with van der Waals surface area (Å²) in [6.45, 7) is 3.69. The highest BCUT2D eigenvalue weighted by Crippen LogP contribution is 2.26. The zero-order valence-corrected chi connectivity index (χ0v) is 14.4. The van der Waals surface area contributed by atoms with Gasteiger partial charge in [-0.25, -0.2) is 0 Å². The van der Waals surface area contributed by atoms with Gasteiger partial charge in [0.25, 0.3) is 11.8 Å². The molecule has 5 nitrogen and oxygen atoms in total. The predicted octanol–water partition coefficient (Wildman–Crippen LogP) is 3.18. The second kappa shape index (κ2) is 7.28. The Morgan fingerprint density at radius 3 is 2.57 bits per heavy atom. The van der Waals surface area contributed by atoms with Gasteiger partial charge in [-0.1, -0.05) is 28.1 Å². The van der Waals surface area contributed by atoms with Gasteiger partial charge in [-0.2, -0.15) is 0 Å². The largest absolute Gasteiger partial charge is 0.483 e. The van der Waals surface area contributed by atoms with Crippen molar-refractivity contribution in [3.8, 4) is 5.75 Å². The number of carbonyl (C=O) groups excluding carboxylic acids is 2. The maximum Gasteiger partial charge on any atom is 0.262 e. The molecular formula is C17H17BrN2O3. The highest BCUT2D eigenvalue weighted by Gasteiger charge is 2.11. The van der Waals surface area contributed by atoms with Crippen molar-refractivity contribution in [2.45, 2.75) is 13.8 Å². The topological polar surface area (TPSA) is 81.4 Å². The first-order chi connectivity index (χ1) is 10.9. The third-order valence-electron chi connectivity index (χ3n) is 3.28. The van der Waals surface area contributed by atoms with Gasteiger partial charge in [-0.15, -0.1) is 0 Å². The lowest BCUT2D eigenvalue weighted by atomic mass is 10.1. The van der Waals surface area contributed by atoms with Crippen LogP contribution in [0.15, 0.2) is 40.9 Å². The summed E-state index contributed by atoms with van der Waals surface area (Å²) in [5, 5.41) is 2.63. The van der Waals surface area contributed by atoms with Crippen LogP contribution in [0.4, 0.5) is 5.69 Å². The van der Waals surface area contributed by atoms with E-state index in [1.807, 2.05) is 26.0 Å². The van der Waals surface area contributed by atoms with Crippen LogP contribution in [0, 0.1) is 13.8 Å². The summed E-state index contributed by atoms with van der Waals surface area (Å²) >= 11 is 3.45. The van der Waals surface area contributed by atoms with Crippen molar-refractivity contribution in [2.75, 3.05) is 11.9 Å². The molecule has 0 radical (unpaired) electrons. The Morgan fingerprint density at radius 2 is 1.87 bits per heavy atom. The number of aryl methyl sites for hydroxylation is 2. The Morgan fingerprint density at radius 1 is 1.17 bits per heavy atom. The monoisotopic (exact) mass is 376 g/mol. The molecule has 0 aliphatic carbocycles. The first-order valence-corrected chi connectivity index (χ1v) is 7.76. The van der Waals surface area contributed by atoms with Gasteiger partial charge in [0.2, 0.25) is 0 Å². The number of halogens is 1. The maximum atomic E-state index is 12.0. The van der Waals surface area contributed by atoms with E-state index in [-0.39, 0.29) is 18.1 Å². The molecule has 0 saturated heterocycles. The summed E-state index contributed by atoms with van der Waals surface area (Å²) in [7, 11) is 0. The summed E-state index contributed by atoms with van der Waals surface area (Å²) in [6.07, 6.45) is 0. The average molecular weight is 377 g/mol. The Kier molecular flexibility index (Phi) is 5.39. The molecule has 2 amide bonds. The van der Waals surface area contributed by atoms with E-state index >= 15 is 0 Å². The standard InChI is InChI=1S/C17H17BrN2O3/c1-10-8-15(11(2)7-13(10)18)23-9-16(21)20-14-6-4-3-5-12(14)17(19)22/h3-8H,9H2,1-2H3,(H2,19,22)(H,20,21). The fourth-order valence-electron chi connectivity index (χ4n) is 2.05. The number of carbonyl (C=O) groups is 2. The van der Waals surface area contributed by atoms with Gasteiger partial charge in [0.15, 0.2) is 6.61 Å². The van der Waals surface area contributed by atoms with Crippen molar-refractivity contribution in [3.63, 3.8) is 0 Å². The van der Waals surface area contributed by atoms with E-state index in [4.69, 9.17) is 10.5 Å². The predicted molar refractivity (Wildman–Crippen MR) is 92.7 cm³/mol. The number of amides is 2. The summed E-state index contributed by atoms with van der Waals surface area (Å²) in [6, 6.07) is 10.4. The lowest BCUT2D eigenvalue weighted by Gasteiger charge is -2.12. The van der Waals surface area contributed by atoms with Crippen molar-refractivity contribution >= 4 is 33.4 Å². The molecule has 23 heavy (non-hydrogen) atoms. The second-order valence-electron chi connectivity index (χ2n) is 5.11. The van der Waals surface area contributed by atoms with Crippen LogP contribution in [0.3, 0.4) is 0 Å².